The molecule has 1 aliphatic heterocycles. The molecule has 349 valence electrons. The number of rotatable bonds is 19. The summed E-state index contributed by atoms with van der Waals surface area (Å²) in [6.07, 6.45) is 0.110. The number of benzene rings is 2. The SMILES string of the molecule is CCN1CCN(CC(=O)[O-])CCN(CC(=O)[O-])CCN(CC(=O)Nc2ccc(NC(=O)CCC(C(=O)O)C(ON)c3ccc(NCc4cnc5nc(N)[nH]c(=O)c5n4)cc3)cc2)CC1.[Gd+3]. The summed E-state index contributed by atoms with van der Waals surface area (Å²) in [7, 11) is 0. The molecule has 24 heteroatoms. The van der Waals surface area contributed by atoms with E-state index >= 15 is 0 Å². The van der Waals surface area contributed by atoms with Crippen LogP contribution in [0.4, 0.5) is 23.0 Å². The van der Waals surface area contributed by atoms with E-state index in [1.54, 1.807) is 58.3 Å². The van der Waals surface area contributed by atoms with Crippen molar-refractivity contribution >= 4 is 63.9 Å². The Morgan fingerprint density at radius 3 is 1.80 bits per heavy atom. The third-order valence-electron chi connectivity index (χ3n) is 10.6. The molecule has 0 bridgehead atoms. The van der Waals surface area contributed by atoms with Crippen molar-refractivity contribution < 1.29 is 84.1 Å². The number of nitrogens with zero attached hydrogens (tertiary/aromatic N) is 7. The van der Waals surface area contributed by atoms with Crippen molar-refractivity contribution in [1.82, 2.24) is 39.5 Å². The summed E-state index contributed by atoms with van der Waals surface area (Å²) in [4.78, 5) is 101. The molecule has 2 atom stereocenters. The van der Waals surface area contributed by atoms with Crippen LogP contribution in [0.3, 0.4) is 0 Å². The number of carboxylic acids is 3. The van der Waals surface area contributed by atoms with Crippen LogP contribution in [-0.4, -0.2) is 153 Å². The zero-order chi connectivity index (χ0) is 46.2. The van der Waals surface area contributed by atoms with Gasteiger partial charge in [-0.05, 0) is 54.9 Å². The van der Waals surface area contributed by atoms with Gasteiger partial charge in [-0.25, -0.2) is 15.9 Å². The van der Waals surface area contributed by atoms with E-state index in [-0.39, 0.29) is 102 Å². The molecule has 4 aromatic rings. The number of fused-ring (bicyclic) bond motifs is 1. The molecular formula is C41H53GdN13O10+. The van der Waals surface area contributed by atoms with Crippen LogP contribution in [0.5, 0.6) is 0 Å². The number of carbonyl (C=O) groups is 5. The number of likely N-dealkylation sites (N-methyl/N-ethyl adjacent to an activating group) is 1. The summed E-state index contributed by atoms with van der Waals surface area (Å²) in [6, 6.07) is 13.1. The minimum absolute atomic E-state index is 0. The van der Waals surface area contributed by atoms with E-state index in [1.807, 2.05) is 11.8 Å². The third-order valence-corrected chi connectivity index (χ3v) is 10.6. The van der Waals surface area contributed by atoms with Crippen LogP contribution < -0.4 is 43.4 Å². The number of aromatic amines is 1. The second-order valence-electron chi connectivity index (χ2n) is 15.2. The molecule has 1 fully saturated rings. The second-order valence-corrected chi connectivity index (χ2v) is 15.2. The number of hydrogen-bond acceptors (Lipinski definition) is 19. The molecule has 2 amide bonds. The van der Waals surface area contributed by atoms with Gasteiger partial charge in [-0.3, -0.25) is 43.7 Å². The van der Waals surface area contributed by atoms with Gasteiger partial charge in [0, 0.05) is 88.9 Å². The zero-order valence-corrected chi connectivity index (χ0v) is 38.0. The predicted octanol–water partition coefficient (Wildman–Crippen LogP) is -2.36. The van der Waals surface area contributed by atoms with Crippen LogP contribution in [0.25, 0.3) is 11.2 Å². The monoisotopic (exact) mass is 1050 g/mol. The molecule has 0 spiro atoms. The fourth-order valence-electron chi connectivity index (χ4n) is 7.13. The molecule has 9 N–H and O–H groups in total. The molecular weight excluding hydrogens is 992 g/mol. The number of nitrogen functional groups attached to an aromatic ring is 1. The van der Waals surface area contributed by atoms with Crippen molar-refractivity contribution in [1.29, 1.82) is 0 Å². The van der Waals surface area contributed by atoms with E-state index in [2.05, 4.69) is 40.8 Å². The minimum atomic E-state index is -1.26. The Morgan fingerprint density at radius 1 is 0.785 bits per heavy atom. The van der Waals surface area contributed by atoms with Gasteiger partial charge in [-0.2, -0.15) is 4.98 Å². The van der Waals surface area contributed by atoms with Crippen molar-refractivity contribution in [2.24, 2.45) is 11.8 Å². The number of hydrogen-bond donors (Lipinski definition) is 7. The fraction of sp³-hybridized carbons (Fsp3) is 0.439. The van der Waals surface area contributed by atoms with Crippen LogP contribution in [-0.2, 0) is 35.4 Å². The Kier molecular flexibility index (Phi) is 20.9. The molecule has 1 aliphatic rings. The number of nitrogens with two attached hydrogens (primary N) is 2. The summed E-state index contributed by atoms with van der Waals surface area (Å²) in [5, 5.41) is 41.6. The van der Waals surface area contributed by atoms with Crippen molar-refractivity contribution in [2.45, 2.75) is 32.4 Å². The maximum atomic E-state index is 13.2. The Morgan fingerprint density at radius 2 is 1.29 bits per heavy atom. The molecule has 1 radical (unpaired) electrons. The number of nitrogens with one attached hydrogen (secondary N) is 4. The van der Waals surface area contributed by atoms with Gasteiger partial charge in [-0.1, -0.05) is 19.1 Å². The fourth-order valence-corrected chi connectivity index (χ4v) is 7.13. The van der Waals surface area contributed by atoms with E-state index in [9.17, 15) is 44.1 Å². The van der Waals surface area contributed by atoms with Crippen LogP contribution in [0.15, 0.2) is 59.5 Å². The van der Waals surface area contributed by atoms with E-state index in [0.717, 1.165) is 0 Å². The van der Waals surface area contributed by atoms with E-state index in [0.29, 0.717) is 87.2 Å². The first-order valence-electron chi connectivity index (χ1n) is 20.6. The van der Waals surface area contributed by atoms with Crippen molar-refractivity contribution in [3.8, 4) is 0 Å². The smallest absolute Gasteiger partial charge is 0.549 e. The number of anilines is 4. The number of aliphatic carboxylic acids is 3. The molecule has 23 nitrogen and oxygen atoms in total. The Labute approximate surface area is 405 Å². The average Bonchev–Trinajstić information content (AvgIpc) is 3.25. The van der Waals surface area contributed by atoms with Crippen molar-refractivity contribution in [2.75, 3.05) is 100 Å². The van der Waals surface area contributed by atoms with Gasteiger partial charge < -0.3 is 51.5 Å². The zero-order valence-electron chi connectivity index (χ0n) is 35.7. The molecule has 65 heavy (non-hydrogen) atoms. The molecule has 2 aromatic heterocycles. The van der Waals surface area contributed by atoms with Gasteiger partial charge in [0.25, 0.3) is 5.56 Å². The first kappa shape index (κ1) is 52.3. The van der Waals surface area contributed by atoms with Gasteiger partial charge in [0.05, 0.1) is 42.8 Å². The van der Waals surface area contributed by atoms with Crippen LogP contribution >= 0.6 is 0 Å². The third kappa shape index (κ3) is 16.9. The molecule has 0 aliphatic carbocycles. The van der Waals surface area contributed by atoms with Gasteiger partial charge >= 0.3 is 45.9 Å². The van der Waals surface area contributed by atoms with Gasteiger partial charge in [0.2, 0.25) is 17.8 Å². The number of aromatic nitrogens is 4. The molecule has 1 saturated heterocycles. The molecule has 0 saturated carbocycles. The van der Waals surface area contributed by atoms with Crippen molar-refractivity contribution in [3.63, 3.8) is 0 Å². The summed E-state index contributed by atoms with van der Waals surface area (Å²) >= 11 is 0. The van der Waals surface area contributed by atoms with Crippen LogP contribution in [0, 0.1) is 45.9 Å². The van der Waals surface area contributed by atoms with Crippen molar-refractivity contribution in [3.05, 3.63) is 76.3 Å². The largest absolute Gasteiger partial charge is 3.00 e. The second kappa shape index (κ2) is 26.0. The molecule has 5 rings (SSSR count). The Hall–Kier alpha value is -5.31. The Balaban J connectivity index is 0.00000925. The number of amides is 2. The number of H-pyrrole nitrogens is 1. The summed E-state index contributed by atoms with van der Waals surface area (Å²) in [5.41, 5.74) is 7.67. The Bertz CT molecular complexity index is 2290. The first-order chi connectivity index (χ1) is 30.7. The number of carbonyl (C=O) groups excluding carboxylic acids is 4. The first-order valence-corrected chi connectivity index (χ1v) is 20.6. The molecule has 3 heterocycles. The quantitative estimate of drug-likeness (QED) is 0.0483. The maximum absolute atomic E-state index is 13.2. The van der Waals surface area contributed by atoms with E-state index in [1.165, 1.54) is 6.20 Å². The normalized spacial score (nSPS) is 15.7. The van der Waals surface area contributed by atoms with Gasteiger partial charge in [0.1, 0.15) is 6.10 Å². The average molecular weight is 1050 g/mol. The van der Waals surface area contributed by atoms with Crippen LogP contribution in [0.1, 0.15) is 37.1 Å². The summed E-state index contributed by atoms with van der Waals surface area (Å²) < 4.78 is 0. The molecule has 2 aromatic carbocycles. The van der Waals surface area contributed by atoms with E-state index in [4.69, 9.17) is 16.5 Å². The minimum Gasteiger partial charge on any atom is -0.549 e. The number of carboxylic acid groups (broad SMARTS) is 3. The summed E-state index contributed by atoms with van der Waals surface area (Å²) in [6.45, 7) is 5.77. The summed E-state index contributed by atoms with van der Waals surface area (Å²) in [5.74, 6) is -0.0853. The van der Waals surface area contributed by atoms with Gasteiger partial charge in [-0.15, -0.1) is 0 Å². The standard InChI is InChI=1S/C41H55N13O10.Gd/c1-2-51-13-15-52(17-18-54(25-35(59)60)20-19-53(16-14-51)24-34(57)58)23-33(56)47-29-9-7-28(8-10-29)46-32(55)12-11-31(40(62)63)37(64-43)26-3-5-27(6-4-26)44-21-30-22-45-38-36(48-30)39(61)50-41(42)49-38;/h3-10,22,31,37,44H,2,11-21,23-25,43H2,1H3,(H,46,55)(H,47,56)(H,57,58)(H,59,60)(H,62,63)(H3,42,45,49,50,61);/q;+3/p-2. The predicted molar refractivity (Wildman–Crippen MR) is 230 cm³/mol. The topological polar surface area (TPSA) is 334 Å². The maximum Gasteiger partial charge on any atom is 3.00 e. The van der Waals surface area contributed by atoms with Gasteiger partial charge in [0.15, 0.2) is 11.2 Å². The molecule has 2 unspecified atom stereocenters. The van der Waals surface area contributed by atoms with Crippen LogP contribution in [0.2, 0.25) is 0 Å². The van der Waals surface area contributed by atoms with E-state index < -0.39 is 41.4 Å².